The molecular formula is C18H17N7O4. The molecule has 0 aliphatic heterocycles. The number of aliphatic imine (C=N–C) groups is 1. The van der Waals surface area contributed by atoms with Crippen molar-refractivity contribution in [2.45, 2.75) is 6.54 Å². The summed E-state index contributed by atoms with van der Waals surface area (Å²) >= 11 is 0. The Morgan fingerprint density at radius 2 is 1.93 bits per heavy atom. The zero-order valence-electron chi connectivity index (χ0n) is 15.6. The number of nitrogens with zero attached hydrogens (tertiary/aromatic N) is 6. The predicted molar refractivity (Wildman–Crippen MR) is 105 cm³/mol. The summed E-state index contributed by atoms with van der Waals surface area (Å²) in [5.74, 6) is 6.40. The Bertz CT molecular complexity index is 1110. The summed E-state index contributed by atoms with van der Waals surface area (Å²) in [6, 6.07) is 9.57. The maximum Gasteiger partial charge on any atom is 0.269 e. The van der Waals surface area contributed by atoms with Crippen molar-refractivity contribution in [1.29, 1.82) is 0 Å². The fourth-order valence-corrected chi connectivity index (χ4v) is 2.70. The molecule has 0 bridgehead atoms. The number of ether oxygens (including phenoxy) is 2. The quantitative estimate of drug-likeness (QED) is 0.168. The van der Waals surface area contributed by atoms with Crippen molar-refractivity contribution in [2.75, 3.05) is 14.2 Å². The molecule has 0 saturated heterocycles. The number of aromatic nitrogens is 2. The molecule has 0 aliphatic rings. The van der Waals surface area contributed by atoms with Crippen molar-refractivity contribution in [3.8, 4) is 11.5 Å². The van der Waals surface area contributed by atoms with Gasteiger partial charge < -0.3 is 15.3 Å². The van der Waals surface area contributed by atoms with E-state index in [0.717, 1.165) is 0 Å². The van der Waals surface area contributed by atoms with Gasteiger partial charge in [0, 0.05) is 23.6 Å². The van der Waals surface area contributed by atoms with Crippen molar-refractivity contribution in [2.24, 2.45) is 21.2 Å². The summed E-state index contributed by atoms with van der Waals surface area (Å²) in [6.45, 7) is 0.120. The molecule has 2 N–H and O–H groups in total. The van der Waals surface area contributed by atoms with Gasteiger partial charge in [-0.3, -0.25) is 15.1 Å². The number of methoxy groups -OCH3 is 2. The molecule has 0 atom stereocenters. The van der Waals surface area contributed by atoms with Crippen molar-refractivity contribution < 1.29 is 14.4 Å². The van der Waals surface area contributed by atoms with E-state index in [9.17, 15) is 10.1 Å². The minimum atomic E-state index is -0.467. The second-order valence-electron chi connectivity index (χ2n) is 5.73. The van der Waals surface area contributed by atoms with E-state index in [1.165, 1.54) is 32.7 Å². The van der Waals surface area contributed by atoms with Crippen molar-refractivity contribution in [1.82, 2.24) is 9.97 Å². The maximum atomic E-state index is 11.0. The minimum Gasteiger partial charge on any atom is -0.493 e. The molecule has 1 heterocycles. The number of hydrogen-bond donors (Lipinski definition) is 1. The number of nitrogens with two attached hydrogens (primary N) is 1. The summed E-state index contributed by atoms with van der Waals surface area (Å²) in [4.78, 5) is 23.4. The van der Waals surface area contributed by atoms with Gasteiger partial charge in [-0.05, 0) is 11.6 Å². The first-order valence-corrected chi connectivity index (χ1v) is 8.33. The largest absolute Gasteiger partial charge is 0.493 e. The molecule has 0 aliphatic carbocycles. The molecule has 11 heteroatoms. The molecule has 1 aromatic heterocycles. The van der Waals surface area contributed by atoms with E-state index in [0.29, 0.717) is 33.7 Å². The summed E-state index contributed by atoms with van der Waals surface area (Å²) in [5, 5.41) is 18.8. The fraction of sp³-hybridized carbons (Fsp3) is 0.167. The van der Waals surface area contributed by atoms with Crippen molar-refractivity contribution >= 4 is 22.4 Å². The van der Waals surface area contributed by atoms with Gasteiger partial charge >= 0.3 is 0 Å². The van der Waals surface area contributed by atoms with E-state index >= 15 is 0 Å². The van der Waals surface area contributed by atoms with Gasteiger partial charge in [-0.15, -0.1) is 5.11 Å². The average Bonchev–Trinajstić information content (AvgIpc) is 2.75. The lowest BCUT2D eigenvalue weighted by Crippen LogP contribution is -2.05. The molecule has 11 nitrogen and oxygen atoms in total. The summed E-state index contributed by atoms with van der Waals surface area (Å²) < 4.78 is 10.6. The van der Waals surface area contributed by atoms with Crippen LogP contribution in [0.4, 0.5) is 5.69 Å². The first-order chi connectivity index (χ1) is 14.1. The lowest BCUT2D eigenvalue weighted by molar-refractivity contribution is -0.384. The molecule has 3 aromatic rings. The topological polar surface area (TPSA) is 150 Å². The van der Waals surface area contributed by atoms with Crippen LogP contribution in [0, 0.1) is 10.1 Å². The molecule has 2 aromatic carbocycles. The van der Waals surface area contributed by atoms with Crippen molar-refractivity contribution in [3.63, 3.8) is 0 Å². The number of fused-ring (bicyclic) bond motifs is 1. The number of nitro benzene ring substituents is 1. The third-order valence-electron chi connectivity index (χ3n) is 4.04. The van der Waals surface area contributed by atoms with Crippen LogP contribution in [0.3, 0.4) is 0 Å². The lowest BCUT2D eigenvalue weighted by Gasteiger charge is -2.10. The Hall–Kier alpha value is -4.15. The second-order valence-corrected chi connectivity index (χ2v) is 5.73. The predicted octanol–water partition coefficient (Wildman–Crippen LogP) is 2.83. The molecule has 0 radical (unpaired) electrons. The number of rotatable bonds is 6. The SMILES string of the molecule is COc1cc2ncnc(C(N=NN)=NCc3cccc([N+](=O)[O-])c3)c2cc1OC. The van der Waals surface area contributed by atoms with Crippen LogP contribution in [0.1, 0.15) is 11.3 Å². The monoisotopic (exact) mass is 395 g/mol. The smallest absolute Gasteiger partial charge is 0.269 e. The van der Waals surface area contributed by atoms with Crippen LogP contribution in [0.25, 0.3) is 10.9 Å². The van der Waals surface area contributed by atoms with Crippen molar-refractivity contribution in [3.05, 3.63) is 64.1 Å². The fourth-order valence-electron chi connectivity index (χ4n) is 2.70. The Morgan fingerprint density at radius 1 is 1.17 bits per heavy atom. The molecule has 3 rings (SSSR count). The van der Waals surface area contributed by atoms with Crippen LogP contribution in [-0.2, 0) is 6.54 Å². The van der Waals surface area contributed by atoms with E-state index in [4.69, 9.17) is 15.3 Å². The van der Waals surface area contributed by atoms with E-state index in [1.54, 1.807) is 24.3 Å². The van der Waals surface area contributed by atoms with Crippen LogP contribution < -0.4 is 15.3 Å². The normalized spacial score (nSPS) is 11.7. The molecular weight excluding hydrogens is 378 g/mol. The number of non-ortho nitro benzene ring substituents is 1. The van der Waals surface area contributed by atoms with Crippen LogP contribution in [0.15, 0.2) is 58.1 Å². The van der Waals surface area contributed by atoms with Gasteiger partial charge in [-0.25, -0.2) is 9.97 Å². The standard InChI is InChI=1S/C18H17N7O4/c1-28-15-7-13-14(8-16(15)29-2)21-10-22-17(13)18(23-24-19)20-9-11-4-3-5-12(6-11)25(26)27/h3-8,10H,9H2,1-2H3,(H2,19,20,23). The van der Waals surface area contributed by atoms with E-state index in [1.807, 2.05) is 0 Å². The molecule has 0 amide bonds. The van der Waals surface area contributed by atoms with Crippen LogP contribution >= 0.6 is 0 Å². The molecule has 148 valence electrons. The number of nitro groups is 1. The number of benzene rings is 2. The van der Waals surface area contributed by atoms with Gasteiger partial charge in [0.1, 0.15) is 12.0 Å². The summed E-state index contributed by atoms with van der Waals surface area (Å²) in [5.41, 5.74) is 1.57. The maximum absolute atomic E-state index is 11.0. The summed E-state index contributed by atoms with van der Waals surface area (Å²) in [7, 11) is 3.05. The summed E-state index contributed by atoms with van der Waals surface area (Å²) in [6.07, 6.45) is 1.36. The Kier molecular flexibility index (Phi) is 5.88. The molecule has 0 unspecified atom stereocenters. The second kappa shape index (κ2) is 8.69. The highest BCUT2D eigenvalue weighted by Crippen LogP contribution is 2.32. The zero-order chi connectivity index (χ0) is 20.8. The highest BCUT2D eigenvalue weighted by Gasteiger charge is 2.15. The average molecular weight is 395 g/mol. The Morgan fingerprint density at radius 3 is 2.62 bits per heavy atom. The first kappa shape index (κ1) is 19.6. The molecule has 0 spiro atoms. The Balaban J connectivity index is 2.07. The van der Waals surface area contributed by atoms with Gasteiger partial charge in [-0.2, -0.15) is 0 Å². The third kappa shape index (κ3) is 4.24. The van der Waals surface area contributed by atoms with E-state index in [-0.39, 0.29) is 18.1 Å². The molecule has 0 fully saturated rings. The van der Waals surface area contributed by atoms with Gasteiger partial charge in [0.2, 0.25) is 0 Å². The zero-order valence-corrected chi connectivity index (χ0v) is 15.6. The molecule has 29 heavy (non-hydrogen) atoms. The first-order valence-electron chi connectivity index (χ1n) is 8.33. The highest BCUT2D eigenvalue weighted by atomic mass is 16.6. The van der Waals surface area contributed by atoms with Gasteiger partial charge in [0.15, 0.2) is 17.3 Å². The number of amidine groups is 1. The van der Waals surface area contributed by atoms with Crippen LogP contribution in [0.2, 0.25) is 0 Å². The van der Waals surface area contributed by atoms with Gasteiger partial charge in [0.05, 0.1) is 31.2 Å². The van der Waals surface area contributed by atoms with Gasteiger partial charge in [0.25, 0.3) is 5.69 Å². The van der Waals surface area contributed by atoms with Crippen LogP contribution in [-0.4, -0.2) is 34.9 Å². The minimum absolute atomic E-state index is 0.0241. The third-order valence-corrected chi connectivity index (χ3v) is 4.04. The van der Waals surface area contributed by atoms with Gasteiger partial charge in [-0.1, -0.05) is 17.4 Å². The number of hydrogen-bond acceptors (Lipinski definition) is 8. The highest BCUT2D eigenvalue weighted by molar-refractivity contribution is 6.08. The van der Waals surface area contributed by atoms with E-state index < -0.39 is 4.92 Å². The molecule has 0 saturated carbocycles. The lowest BCUT2D eigenvalue weighted by atomic mass is 10.1. The van der Waals surface area contributed by atoms with Crippen LogP contribution in [0.5, 0.6) is 11.5 Å². The van der Waals surface area contributed by atoms with E-state index in [2.05, 4.69) is 25.3 Å². The Labute approximate surface area is 165 Å².